The Kier molecular flexibility index (Phi) is 7.73. The van der Waals surface area contributed by atoms with Crippen LogP contribution in [-0.2, 0) is 10.0 Å². The Bertz CT molecular complexity index is 794. The molecule has 0 saturated carbocycles. The number of rotatable bonds is 5. The molecular weight excluding hydrogens is 400 g/mol. The first-order valence-corrected chi connectivity index (χ1v) is 11.1. The van der Waals surface area contributed by atoms with E-state index in [1.807, 2.05) is 0 Å². The van der Waals surface area contributed by atoms with E-state index < -0.39 is 10.0 Å². The smallest absolute Gasteiger partial charge is 0.253 e. The van der Waals surface area contributed by atoms with Gasteiger partial charge in [-0.05, 0) is 56.5 Å². The Morgan fingerprint density at radius 2 is 1.93 bits per heavy atom. The van der Waals surface area contributed by atoms with Crippen molar-refractivity contribution in [2.75, 3.05) is 45.2 Å². The summed E-state index contributed by atoms with van der Waals surface area (Å²) in [5.74, 6) is 0.151. The topological polar surface area (TPSA) is 81.7 Å². The maximum absolute atomic E-state index is 13.1. The molecule has 2 heterocycles. The van der Waals surface area contributed by atoms with Gasteiger partial charge in [-0.1, -0.05) is 6.92 Å². The molecule has 1 aromatic carbocycles. The van der Waals surface area contributed by atoms with Gasteiger partial charge in [0.15, 0.2) is 0 Å². The van der Waals surface area contributed by atoms with Gasteiger partial charge in [-0.3, -0.25) is 4.79 Å². The SMILES string of the molecule is CC1CNCCC1NC(=O)c1cc(S(=O)(=O)N(C)C)ccc1N1CCCC1.Cl. The highest BCUT2D eigenvalue weighted by atomic mass is 35.5. The third kappa shape index (κ3) is 4.79. The van der Waals surface area contributed by atoms with Crippen molar-refractivity contribution >= 4 is 34.0 Å². The average Bonchev–Trinajstić information content (AvgIpc) is 3.17. The van der Waals surface area contributed by atoms with Crippen molar-refractivity contribution in [3.8, 4) is 0 Å². The quantitative estimate of drug-likeness (QED) is 0.742. The number of nitrogens with zero attached hydrogens (tertiary/aromatic N) is 2. The van der Waals surface area contributed by atoms with Gasteiger partial charge >= 0.3 is 0 Å². The number of piperidine rings is 1. The number of nitrogens with one attached hydrogen (secondary N) is 2. The molecule has 0 spiro atoms. The molecule has 3 rings (SSSR count). The highest BCUT2D eigenvalue weighted by Gasteiger charge is 2.27. The Labute approximate surface area is 174 Å². The van der Waals surface area contributed by atoms with Gasteiger partial charge in [0, 0.05) is 38.9 Å². The van der Waals surface area contributed by atoms with Crippen LogP contribution in [-0.4, -0.2) is 64.9 Å². The molecule has 2 aliphatic rings. The third-order valence-corrected chi connectivity index (χ3v) is 7.35. The largest absolute Gasteiger partial charge is 0.371 e. The van der Waals surface area contributed by atoms with E-state index in [1.54, 1.807) is 12.1 Å². The van der Waals surface area contributed by atoms with Crippen LogP contribution in [0, 0.1) is 5.92 Å². The van der Waals surface area contributed by atoms with Crippen LogP contribution in [0.1, 0.15) is 36.5 Å². The van der Waals surface area contributed by atoms with Gasteiger partial charge in [0.1, 0.15) is 0 Å². The van der Waals surface area contributed by atoms with Gasteiger partial charge in [0.05, 0.1) is 10.5 Å². The number of anilines is 1. The third-order valence-electron chi connectivity index (χ3n) is 5.54. The molecule has 1 amide bonds. The van der Waals surface area contributed by atoms with Crippen LogP contribution in [0.4, 0.5) is 5.69 Å². The van der Waals surface area contributed by atoms with Crippen LogP contribution in [0.2, 0.25) is 0 Å². The van der Waals surface area contributed by atoms with Crippen LogP contribution in [0.3, 0.4) is 0 Å². The zero-order valence-corrected chi connectivity index (χ0v) is 18.4. The maximum Gasteiger partial charge on any atom is 0.253 e. The first kappa shape index (κ1) is 22.9. The van der Waals surface area contributed by atoms with Crippen molar-refractivity contribution in [3.05, 3.63) is 23.8 Å². The molecule has 2 atom stereocenters. The van der Waals surface area contributed by atoms with Crippen molar-refractivity contribution in [2.24, 2.45) is 5.92 Å². The zero-order chi connectivity index (χ0) is 19.6. The molecule has 2 N–H and O–H groups in total. The van der Waals surface area contributed by atoms with Crippen molar-refractivity contribution in [3.63, 3.8) is 0 Å². The first-order chi connectivity index (χ1) is 12.8. The second-order valence-electron chi connectivity index (χ2n) is 7.71. The minimum Gasteiger partial charge on any atom is -0.371 e. The van der Waals surface area contributed by atoms with Crippen molar-refractivity contribution in [2.45, 2.75) is 37.1 Å². The number of carbonyl (C=O) groups excluding carboxylic acids is 1. The molecule has 0 radical (unpaired) electrons. The lowest BCUT2D eigenvalue weighted by molar-refractivity contribution is 0.0914. The summed E-state index contributed by atoms with van der Waals surface area (Å²) in [6, 6.07) is 5.01. The molecule has 0 bridgehead atoms. The number of carbonyl (C=O) groups is 1. The molecule has 1 aromatic rings. The number of hydrogen-bond donors (Lipinski definition) is 2. The summed E-state index contributed by atoms with van der Waals surface area (Å²) in [6.45, 7) is 5.65. The Morgan fingerprint density at radius 3 is 2.54 bits per heavy atom. The van der Waals surface area contributed by atoms with Gasteiger partial charge in [-0.2, -0.15) is 0 Å². The number of benzene rings is 1. The Hall–Kier alpha value is -1.35. The van der Waals surface area contributed by atoms with E-state index in [1.165, 1.54) is 24.5 Å². The van der Waals surface area contributed by atoms with E-state index in [0.29, 0.717) is 11.5 Å². The van der Waals surface area contributed by atoms with Crippen LogP contribution < -0.4 is 15.5 Å². The molecule has 7 nitrogen and oxygen atoms in total. The molecule has 2 saturated heterocycles. The average molecular weight is 431 g/mol. The number of hydrogen-bond acceptors (Lipinski definition) is 5. The van der Waals surface area contributed by atoms with Crippen molar-refractivity contribution in [1.29, 1.82) is 0 Å². The lowest BCUT2D eigenvalue weighted by atomic mass is 9.95. The van der Waals surface area contributed by atoms with E-state index in [2.05, 4.69) is 22.5 Å². The lowest BCUT2D eigenvalue weighted by Crippen LogP contribution is -2.48. The van der Waals surface area contributed by atoms with E-state index >= 15 is 0 Å². The highest BCUT2D eigenvalue weighted by molar-refractivity contribution is 7.89. The summed E-state index contributed by atoms with van der Waals surface area (Å²) in [5, 5.41) is 6.47. The Balaban J connectivity index is 0.00000280. The molecule has 2 aliphatic heterocycles. The molecule has 9 heteroatoms. The standard InChI is InChI=1S/C19H30N4O3S.ClH/c1-14-13-20-9-8-17(14)21-19(24)16-12-15(27(25,26)22(2)3)6-7-18(16)23-10-4-5-11-23;/h6-7,12,14,17,20H,4-5,8-11,13H2,1-3H3,(H,21,24);1H. The lowest BCUT2D eigenvalue weighted by Gasteiger charge is -2.31. The zero-order valence-electron chi connectivity index (χ0n) is 16.8. The second kappa shape index (κ2) is 9.43. The summed E-state index contributed by atoms with van der Waals surface area (Å²) in [7, 11) is -0.592. The monoisotopic (exact) mass is 430 g/mol. The fraction of sp³-hybridized carbons (Fsp3) is 0.632. The summed E-state index contributed by atoms with van der Waals surface area (Å²) < 4.78 is 26.3. The first-order valence-electron chi connectivity index (χ1n) is 9.64. The van der Waals surface area contributed by atoms with Gasteiger partial charge in [0.25, 0.3) is 5.91 Å². The molecule has 2 unspecified atom stereocenters. The van der Waals surface area contributed by atoms with E-state index in [4.69, 9.17) is 0 Å². The van der Waals surface area contributed by atoms with Crippen LogP contribution in [0.5, 0.6) is 0 Å². The fourth-order valence-electron chi connectivity index (χ4n) is 3.78. The van der Waals surface area contributed by atoms with Crippen LogP contribution >= 0.6 is 12.4 Å². The highest BCUT2D eigenvalue weighted by Crippen LogP contribution is 2.28. The summed E-state index contributed by atoms with van der Waals surface area (Å²) in [6.07, 6.45) is 3.05. The number of amides is 1. The molecule has 0 aromatic heterocycles. The van der Waals surface area contributed by atoms with Crippen molar-refractivity contribution in [1.82, 2.24) is 14.9 Å². The fourth-order valence-corrected chi connectivity index (χ4v) is 4.71. The number of sulfonamides is 1. The van der Waals surface area contributed by atoms with E-state index in [-0.39, 0.29) is 29.3 Å². The maximum atomic E-state index is 13.1. The van der Waals surface area contributed by atoms with Gasteiger partial charge in [-0.25, -0.2) is 12.7 Å². The minimum atomic E-state index is -3.59. The van der Waals surface area contributed by atoms with Gasteiger partial charge < -0.3 is 15.5 Å². The summed E-state index contributed by atoms with van der Waals surface area (Å²) in [5.41, 5.74) is 1.27. The Morgan fingerprint density at radius 1 is 1.25 bits per heavy atom. The molecule has 0 aliphatic carbocycles. The predicted molar refractivity (Wildman–Crippen MR) is 114 cm³/mol. The van der Waals surface area contributed by atoms with Crippen molar-refractivity contribution < 1.29 is 13.2 Å². The second-order valence-corrected chi connectivity index (χ2v) is 9.86. The molecule has 158 valence electrons. The minimum absolute atomic E-state index is 0. The van der Waals surface area contributed by atoms with Gasteiger partial charge in [-0.15, -0.1) is 12.4 Å². The molecule has 28 heavy (non-hydrogen) atoms. The van der Waals surface area contributed by atoms with E-state index in [0.717, 1.165) is 51.1 Å². The molecule has 2 fully saturated rings. The van der Waals surface area contributed by atoms with E-state index in [9.17, 15) is 13.2 Å². The normalized spacial score (nSPS) is 22.8. The summed E-state index contributed by atoms with van der Waals surface area (Å²) >= 11 is 0. The predicted octanol–water partition coefficient (Wildman–Crippen LogP) is 1.69. The van der Waals surface area contributed by atoms with Gasteiger partial charge in [0.2, 0.25) is 10.0 Å². The molecular formula is C19H31ClN4O3S. The van der Waals surface area contributed by atoms with Crippen LogP contribution in [0.25, 0.3) is 0 Å². The summed E-state index contributed by atoms with van der Waals surface area (Å²) in [4.78, 5) is 15.4. The number of halogens is 1. The van der Waals surface area contributed by atoms with Crippen LogP contribution in [0.15, 0.2) is 23.1 Å².